The number of hydrogen-bond donors (Lipinski definition) is 3. The Morgan fingerprint density at radius 3 is 2.91 bits per heavy atom. The van der Waals surface area contributed by atoms with Gasteiger partial charge in [-0.3, -0.25) is 10.0 Å². The molecule has 0 saturated carbocycles. The van der Waals surface area contributed by atoms with Crippen molar-refractivity contribution in [2.45, 2.75) is 39.5 Å². The van der Waals surface area contributed by atoms with Crippen molar-refractivity contribution in [3.05, 3.63) is 28.0 Å². The SMILES string of the molecule is CCCCCc1c(NCC(=O)NO)nc2c(Br)cc(C)cn12. The zero-order valence-electron chi connectivity index (χ0n) is 12.8. The van der Waals surface area contributed by atoms with Gasteiger partial charge in [0, 0.05) is 6.20 Å². The summed E-state index contributed by atoms with van der Waals surface area (Å²) < 4.78 is 2.98. The molecule has 0 fully saturated rings. The van der Waals surface area contributed by atoms with Crippen molar-refractivity contribution < 1.29 is 10.0 Å². The first-order valence-corrected chi connectivity index (χ1v) is 8.20. The van der Waals surface area contributed by atoms with E-state index < -0.39 is 5.91 Å². The predicted molar refractivity (Wildman–Crippen MR) is 89.3 cm³/mol. The third-order valence-electron chi connectivity index (χ3n) is 3.47. The molecule has 0 saturated heterocycles. The maximum Gasteiger partial charge on any atom is 0.262 e. The first-order valence-electron chi connectivity index (χ1n) is 7.40. The van der Waals surface area contributed by atoms with Crippen LogP contribution in [0.5, 0.6) is 0 Å². The zero-order valence-corrected chi connectivity index (χ0v) is 14.4. The number of imidazole rings is 1. The number of halogens is 1. The van der Waals surface area contributed by atoms with Gasteiger partial charge >= 0.3 is 0 Å². The molecule has 2 aromatic heterocycles. The fraction of sp³-hybridized carbons (Fsp3) is 0.467. The molecule has 7 heteroatoms. The number of nitrogens with zero attached hydrogens (tertiary/aromatic N) is 2. The number of anilines is 1. The number of carbonyl (C=O) groups excluding carboxylic acids is 1. The Labute approximate surface area is 138 Å². The van der Waals surface area contributed by atoms with Gasteiger partial charge in [0.15, 0.2) is 5.65 Å². The monoisotopic (exact) mass is 368 g/mol. The molecule has 2 aromatic rings. The summed E-state index contributed by atoms with van der Waals surface area (Å²) >= 11 is 3.54. The molecule has 120 valence electrons. The third-order valence-corrected chi connectivity index (χ3v) is 4.05. The molecular weight excluding hydrogens is 348 g/mol. The van der Waals surface area contributed by atoms with E-state index in [1.165, 1.54) is 0 Å². The molecule has 6 nitrogen and oxygen atoms in total. The van der Waals surface area contributed by atoms with Gasteiger partial charge in [-0.25, -0.2) is 10.5 Å². The molecule has 0 aromatic carbocycles. The first kappa shape index (κ1) is 16.8. The average Bonchev–Trinajstić information content (AvgIpc) is 2.83. The molecule has 1 amide bonds. The number of rotatable bonds is 7. The molecule has 0 aliphatic heterocycles. The number of carbonyl (C=O) groups is 1. The van der Waals surface area contributed by atoms with Crippen molar-refractivity contribution in [3.63, 3.8) is 0 Å². The lowest BCUT2D eigenvalue weighted by molar-refractivity contribution is -0.127. The van der Waals surface area contributed by atoms with Crippen LogP contribution in [-0.4, -0.2) is 27.0 Å². The molecule has 3 N–H and O–H groups in total. The normalized spacial score (nSPS) is 10.9. The number of aromatic nitrogens is 2. The summed E-state index contributed by atoms with van der Waals surface area (Å²) in [4.78, 5) is 15.8. The van der Waals surface area contributed by atoms with E-state index in [0.29, 0.717) is 5.82 Å². The molecule has 22 heavy (non-hydrogen) atoms. The number of pyridine rings is 1. The minimum atomic E-state index is -0.494. The van der Waals surface area contributed by atoms with Gasteiger partial charge in [0.2, 0.25) is 0 Å². The summed E-state index contributed by atoms with van der Waals surface area (Å²) in [7, 11) is 0. The second kappa shape index (κ2) is 7.60. The van der Waals surface area contributed by atoms with Gasteiger partial charge in [0.1, 0.15) is 5.82 Å². The van der Waals surface area contributed by atoms with Crippen LogP contribution in [0, 0.1) is 6.92 Å². The van der Waals surface area contributed by atoms with Crippen LogP contribution in [-0.2, 0) is 11.2 Å². The highest BCUT2D eigenvalue weighted by Crippen LogP contribution is 2.26. The Morgan fingerprint density at radius 1 is 1.45 bits per heavy atom. The Kier molecular flexibility index (Phi) is 5.79. The smallest absolute Gasteiger partial charge is 0.262 e. The Morgan fingerprint density at radius 2 is 2.23 bits per heavy atom. The van der Waals surface area contributed by atoms with E-state index in [-0.39, 0.29) is 6.54 Å². The third kappa shape index (κ3) is 3.78. The lowest BCUT2D eigenvalue weighted by atomic mass is 10.1. The van der Waals surface area contributed by atoms with E-state index in [1.807, 2.05) is 19.2 Å². The van der Waals surface area contributed by atoms with Crippen molar-refractivity contribution >= 4 is 33.3 Å². The molecule has 0 aliphatic carbocycles. The van der Waals surface area contributed by atoms with Crippen molar-refractivity contribution in [1.29, 1.82) is 0 Å². The largest absolute Gasteiger partial charge is 0.359 e. The van der Waals surface area contributed by atoms with Gasteiger partial charge in [-0.15, -0.1) is 0 Å². The summed E-state index contributed by atoms with van der Waals surface area (Å²) in [5.41, 5.74) is 4.63. The minimum Gasteiger partial charge on any atom is -0.359 e. The molecular formula is C15H21BrN4O2. The maximum atomic E-state index is 11.2. The topological polar surface area (TPSA) is 78.7 Å². The van der Waals surface area contributed by atoms with Gasteiger partial charge in [-0.2, -0.15) is 0 Å². The summed E-state index contributed by atoms with van der Waals surface area (Å²) in [6.07, 6.45) is 6.29. The van der Waals surface area contributed by atoms with Crippen molar-refractivity contribution in [2.75, 3.05) is 11.9 Å². The van der Waals surface area contributed by atoms with Crippen LogP contribution in [0.25, 0.3) is 5.65 Å². The number of aryl methyl sites for hydroxylation is 2. The van der Waals surface area contributed by atoms with E-state index in [4.69, 9.17) is 5.21 Å². The van der Waals surface area contributed by atoms with Gasteiger partial charge in [0.05, 0.1) is 16.7 Å². The van der Waals surface area contributed by atoms with Gasteiger partial charge < -0.3 is 9.72 Å². The molecule has 0 radical (unpaired) electrons. The van der Waals surface area contributed by atoms with Gasteiger partial charge in [0.25, 0.3) is 5.91 Å². The first-order chi connectivity index (χ1) is 10.6. The quantitative estimate of drug-likeness (QED) is 0.398. The predicted octanol–water partition coefficient (Wildman–Crippen LogP) is 3.06. The summed E-state index contributed by atoms with van der Waals surface area (Å²) in [6, 6.07) is 2.02. The number of unbranched alkanes of at least 4 members (excludes halogenated alkanes) is 2. The summed E-state index contributed by atoms with van der Waals surface area (Å²) in [6.45, 7) is 4.18. The van der Waals surface area contributed by atoms with E-state index in [2.05, 4.69) is 37.6 Å². The van der Waals surface area contributed by atoms with Crippen LogP contribution in [0.2, 0.25) is 0 Å². The lowest BCUT2D eigenvalue weighted by Gasteiger charge is -2.07. The van der Waals surface area contributed by atoms with Crippen LogP contribution >= 0.6 is 15.9 Å². The molecule has 0 atom stereocenters. The van der Waals surface area contributed by atoms with E-state index in [1.54, 1.807) is 5.48 Å². The highest BCUT2D eigenvalue weighted by molar-refractivity contribution is 9.10. The lowest BCUT2D eigenvalue weighted by Crippen LogP contribution is -2.27. The summed E-state index contributed by atoms with van der Waals surface area (Å²) in [5.74, 6) is 0.192. The standard InChI is InChI=1S/C15H21BrN4O2/c1-3-4-5-6-12-14(17-8-13(21)19-22)18-15-11(16)7-10(2)9-20(12)15/h7,9,17,22H,3-6,8H2,1-2H3,(H,19,21). The van der Waals surface area contributed by atoms with Crippen molar-refractivity contribution in [2.24, 2.45) is 0 Å². The zero-order chi connectivity index (χ0) is 16.1. The number of hydroxylamine groups is 1. The molecule has 0 spiro atoms. The number of amides is 1. The van der Waals surface area contributed by atoms with E-state index >= 15 is 0 Å². The fourth-order valence-corrected chi connectivity index (χ4v) is 3.05. The molecule has 0 unspecified atom stereocenters. The fourth-order valence-electron chi connectivity index (χ4n) is 2.41. The Hall–Kier alpha value is -1.60. The van der Waals surface area contributed by atoms with Crippen LogP contribution in [0.15, 0.2) is 16.7 Å². The average molecular weight is 369 g/mol. The van der Waals surface area contributed by atoms with Crippen LogP contribution in [0.3, 0.4) is 0 Å². The number of nitrogens with one attached hydrogen (secondary N) is 2. The molecule has 0 bridgehead atoms. The highest BCUT2D eigenvalue weighted by atomic mass is 79.9. The van der Waals surface area contributed by atoms with Crippen LogP contribution < -0.4 is 10.8 Å². The second-order valence-corrected chi connectivity index (χ2v) is 6.17. The van der Waals surface area contributed by atoms with Crippen molar-refractivity contribution in [1.82, 2.24) is 14.9 Å². The van der Waals surface area contributed by atoms with Crippen LogP contribution in [0.4, 0.5) is 5.82 Å². The molecule has 2 heterocycles. The summed E-state index contributed by atoms with van der Waals surface area (Å²) in [5, 5.41) is 11.6. The maximum absolute atomic E-state index is 11.2. The second-order valence-electron chi connectivity index (χ2n) is 5.31. The minimum absolute atomic E-state index is 0.0161. The van der Waals surface area contributed by atoms with Gasteiger partial charge in [-0.05, 0) is 47.3 Å². The number of hydrogen-bond acceptors (Lipinski definition) is 4. The Balaban J connectivity index is 2.37. The number of fused-ring (bicyclic) bond motifs is 1. The Bertz CT molecular complexity index is 669. The van der Waals surface area contributed by atoms with Gasteiger partial charge in [-0.1, -0.05) is 19.8 Å². The highest BCUT2D eigenvalue weighted by Gasteiger charge is 2.15. The molecule has 2 rings (SSSR count). The van der Waals surface area contributed by atoms with Crippen LogP contribution in [0.1, 0.15) is 37.4 Å². The van der Waals surface area contributed by atoms with E-state index in [0.717, 1.165) is 47.1 Å². The van der Waals surface area contributed by atoms with Crippen molar-refractivity contribution in [3.8, 4) is 0 Å². The van der Waals surface area contributed by atoms with E-state index in [9.17, 15) is 4.79 Å². The molecule has 0 aliphatic rings.